The summed E-state index contributed by atoms with van der Waals surface area (Å²) >= 11 is 0. The summed E-state index contributed by atoms with van der Waals surface area (Å²) in [5, 5.41) is 2.76. The van der Waals surface area contributed by atoms with Crippen LogP contribution in [-0.4, -0.2) is 57.2 Å². The van der Waals surface area contributed by atoms with E-state index < -0.39 is 0 Å². The average Bonchev–Trinajstić information content (AvgIpc) is 2.53. The van der Waals surface area contributed by atoms with E-state index in [2.05, 4.69) is 5.32 Å². The maximum Gasteiger partial charge on any atom is 0.253 e. The van der Waals surface area contributed by atoms with Gasteiger partial charge in [0.05, 0.1) is 24.8 Å². The summed E-state index contributed by atoms with van der Waals surface area (Å²) in [5.41, 5.74) is 6.44. The van der Waals surface area contributed by atoms with Gasteiger partial charge in [0.2, 0.25) is 5.91 Å². The van der Waals surface area contributed by atoms with Crippen LogP contribution in [0.25, 0.3) is 0 Å². The van der Waals surface area contributed by atoms with Crippen molar-refractivity contribution < 1.29 is 19.1 Å². The zero-order valence-corrected chi connectivity index (χ0v) is 14.1. The lowest BCUT2D eigenvalue weighted by Crippen LogP contribution is -2.28. The van der Waals surface area contributed by atoms with Crippen molar-refractivity contribution in [2.24, 2.45) is 5.73 Å². The van der Waals surface area contributed by atoms with E-state index in [1.807, 2.05) is 6.92 Å². The summed E-state index contributed by atoms with van der Waals surface area (Å²) in [4.78, 5) is 25.6. The largest absolute Gasteiger partial charge is 0.492 e. The lowest BCUT2D eigenvalue weighted by Gasteiger charge is -2.16. The van der Waals surface area contributed by atoms with E-state index in [4.69, 9.17) is 15.2 Å². The van der Waals surface area contributed by atoms with Crippen molar-refractivity contribution in [3.05, 3.63) is 23.8 Å². The third-order valence-corrected chi connectivity index (χ3v) is 3.22. The molecule has 7 nitrogen and oxygen atoms in total. The van der Waals surface area contributed by atoms with Gasteiger partial charge in [-0.2, -0.15) is 0 Å². The number of hydrogen-bond donors (Lipinski definition) is 2. The lowest BCUT2D eigenvalue weighted by atomic mass is 10.1. The molecule has 0 aliphatic carbocycles. The molecule has 1 aromatic carbocycles. The fraction of sp³-hybridized carbons (Fsp3) is 0.500. The highest BCUT2D eigenvalue weighted by Gasteiger charge is 2.16. The highest BCUT2D eigenvalue weighted by molar-refractivity contribution is 5.98. The zero-order chi connectivity index (χ0) is 17.4. The Morgan fingerprint density at radius 1 is 1.35 bits per heavy atom. The van der Waals surface area contributed by atoms with E-state index in [0.717, 1.165) is 0 Å². The van der Waals surface area contributed by atoms with E-state index in [1.165, 1.54) is 12.0 Å². The van der Waals surface area contributed by atoms with Crippen LogP contribution in [0.5, 0.6) is 5.75 Å². The van der Waals surface area contributed by atoms with Gasteiger partial charge in [-0.15, -0.1) is 0 Å². The average molecular weight is 323 g/mol. The minimum Gasteiger partial charge on any atom is -0.492 e. The van der Waals surface area contributed by atoms with E-state index in [1.54, 1.807) is 32.3 Å². The molecule has 0 saturated carbocycles. The van der Waals surface area contributed by atoms with Gasteiger partial charge in [0, 0.05) is 33.3 Å². The molecule has 1 unspecified atom stereocenters. The van der Waals surface area contributed by atoms with Crippen LogP contribution in [0.3, 0.4) is 0 Å². The van der Waals surface area contributed by atoms with Crippen molar-refractivity contribution in [1.29, 1.82) is 0 Å². The lowest BCUT2D eigenvalue weighted by molar-refractivity contribution is -0.118. The SMILES string of the molecule is CCOc1ccc(C(=O)N(C)C)cc1NC(=O)CC(CN)OC. The fourth-order valence-corrected chi connectivity index (χ4v) is 1.97. The molecule has 1 rings (SSSR count). The van der Waals surface area contributed by atoms with E-state index in [9.17, 15) is 9.59 Å². The number of amides is 2. The molecule has 0 radical (unpaired) electrons. The molecule has 2 amide bonds. The third-order valence-electron chi connectivity index (χ3n) is 3.22. The van der Waals surface area contributed by atoms with Gasteiger partial charge in [0.15, 0.2) is 0 Å². The number of methoxy groups -OCH3 is 1. The summed E-state index contributed by atoms with van der Waals surface area (Å²) in [6.45, 7) is 2.55. The Bertz CT molecular complexity index is 542. The molecule has 7 heteroatoms. The number of hydrogen-bond acceptors (Lipinski definition) is 5. The van der Waals surface area contributed by atoms with Gasteiger partial charge < -0.3 is 25.4 Å². The Morgan fingerprint density at radius 2 is 2.04 bits per heavy atom. The molecule has 1 atom stereocenters. The van der Waals surface area contributed by atoms with Gasteiger partial charge in [0.1, 0.15) is 5.75 Å². The van der Waals surface area contributed by atoms with Crippen LogP contribution in [0.2, 0.25) is 0 Å². The van der Waals surface area contributed by atoms with Crippen LogP contribution >= 0.6 is 0 Å². The Kier molecular flexibility index (Phi) is 7.50. The summed E-state index contributed by atoms with van der Waals surface area (Å²) < 4.78 is 10.6. The van der Waals surface area contributed by atoms with Crippen molar-refractivity contribution in [3.63, 3.8) is 0 Å². The smallest absolute Gasteiger partial charge is 0.253 e. The molecular formula is C16H25N3O4. The van der Waals surface area contributed by atoms with Crippen molar-refractivity contribution in [2.75, 3.05) is 39.7 Å². The van der Waals surface area contributed by atoms with Gasteiger partial charge >= 0.3 is 0 Å². The van der Waals surface area contributed by atoms with Crippen LogP contribution in [0, 0.1) is 0 Å². The second kappa shape index (κ2) is 9.12. The number of rotatable bonds is 8. The molecule has 0 bridgehead atoms. The van der Waals surface area contributed by atoms with Crippen molar-refractivity contribution in [1.82, 2.24) is 4.90 Å². The quantitative estimate of drug-likeness (QED) is 0.747. The van der Waals surface area contributed by atoms with Gasteiger partial charge in [-0.05, 0) is 25.1 Å². The molecule has 0 aliphatic heterocycles. The molecule has 0 spiro atoms. The Morgan fingerprint density at radius 3 is 2.57 bits per heavy atom. The summed E-state index contributed by atoms with van der Waals surface area (Å²) in [6, 6.07) is 4.95. The molecule has 23 heavy (non-hydrogen) atoms. The number of carbonyl (C=O) groups excluding carboxylic acids is 2. The predicted molar refractivity (Wildman–Crippen MR) is 88.7 cm³/mol. The molecule has 0 fully saturated rings. The zero-order valence-electron chi connectivity index (χ0n) is 14.1. The Balaban J connectivity index is 2.98. The first-order valence-corrected chi connectivity index (χ1v) is 7.44. The van der Waals surface area contributed by atoms with Crippen molar-refractivity contribution >= 4 is 17.5 Å². The first kappa shape index (κ1) is 18.9. The van der Waals surface area contributed by atoms with Crippen LogP contribution in [-0.2, 0) is 9.53 Å². The summed E-state index contributed by atoms with van der Waals surface area (Å²) in [6.07, 6.45) is -0.220. The second-order valence-electron chi connectivity index (χ2n) is 5.19. The molecule has 128 valence electrons. The fourth-order valence-electron chi connectivity index (χ4n) is 1.97. The third kappa shape index (κ3) is 5.54. The number of benzene rings is 1. The Hall–Kier alpha value is -2.12. The highest BCUT2D eigenvalue weighted by atomic mass is 16.5. The molecule has 0 saturated heterocycles. The minimum atomic E-state index is -0.350. The molecule has 0 aliphatic rings. The summed E-state index contributed by atoms with van der Waals surface area (Å²) in [7, 11) is 4.84. The van der Waals surface area contributed by atoms with E-state index >= 15 is 0 Å². The Labute approximate surface area is 136 Å². The topological polar surface area (TPSA) is 93.9 Å². The van der Waals surface area contributed by atoms with Crippen LogP contribution < -0.4 is 15.8 Å². The van der Waals surface area contributed by atoms with Gasteiger partial charge in [0.25, 0.3) is 5.91 Å². The number of nitrogens with one attached hydrogen (secondary N) is 1. The number of ether oxygens (including phenoxy) is 2. The molecule has 1 aromatic rings. The first-order valence-electron chi connectivity index (χ1n) is 7.44. The van der Waals surface area contributed by atoms with Gasteiger partial charge in [-0.1, -0.05) is 0 Å². The highest BCUT2D eigenvalue weighted by Crippen LogP contribution is 2.26. The molecule has 0 heterocycles. The number of nitrogens with two attached hydrogens (primary N) is 1. The number of carbonyl (C=O) groups is 2. The van der Waals surface area contributed by atoms with Crippen LogP contribution in [0.1, 0.15) is 23.7 Å². The van der Waals surface area contributed by atoms with Crippen LogP contribution in [0.4, 0.5) is 5.69 Å². The van der Waals surface area contributed by atoms with Gasteiger partial charge in [-0.3, -0.25) is 9.59 Å². The molecule has 3 N–H and O–H groups in total. The van der Waals surface area contributed by atoms with Crippen LogP contribution in [0.15, 0.2) is 18.2 Å². The maximum absolute atomic E-state index is 12.1. The second-order valence-corrected chi connectivity index (χ2v) is 5.19. The monoisotopic (exact) mass is 323 g/mol. The predicted octanol–water partition coefficient (Wildman–Crippen LogP) is 1.09. The first-order chi connectivity index (χ1) is 10.9. The van der Waals surface area contributed by atoms with Crippen molar-refractivity contribution in [2.45, 2.75) is 19.4 Å². The minimum absolute atomic E-state index is 0.129. The normalized spacial score (nSPS) is 11.7. The molecule has 0 aromatic heterocycles. The van der Waals surface area contributed by atoms with Gasteiger partial charge in [-0.25, -0.2) is 0 Å². The van der Waals surface area contributed by atoms with E-state index in [-0.39, 0.29) is 30.9 Å². The standard InChI is InChI=1S/C16H25N3O4/c1-5-23-14-7-6-11(16(21)19(2)3)8-13(14)18-15(20)9-12(10-17)22-4/h6-8,12H,5,9-10,17H2,1-4H3,(H,18,20). The summed E-state index contributed by atoms with van der Waals surface area (Å²) in [5.74, 6) is 0.107. The van der Waals surface area contributed by atoms with E-state index in [0.29, 0.717) is 23.6 Å². The van der Waals surface area contributed by atoms with Crippen molar-refractivity contribution in [3.8, 4) is 5.75 Å². The maximum atomic E-state index is 12.1. The number of anilines is 1. The molecular weight excluding hydrogens is 298 g/mol. The number of nitrogens with zero attached hydrogens (tertiary/aromatic N) is 1.